The van der Waals surface area contributed by atoms with Gasteiger partial charge >= 0.3 is 6.18 Å². The molecular weight excluding hydrogens is 514 g/mol. The fourth-order valence-corrected chi connectivity index (χ4v) is 4.73. The molecule has 1 amide bonds. The van der Waals surface area contributed by atoms with Crippen LogP contribution < -0.4 is 9.73 Å². The monoisotopic (exact) mass is 529 g/mol. The molecule has 0 spiro atoms. The molecule has 0 bridgehead atoms. The van der Waals surface area contributed by atoms with Crippen LogP contribution in [0.2, 0.25) is 10.0 Å². The fraction of sp³-hybridized carbons (Fsp3) is 0.0909. The van der Waals surface area contributed by atoms with Crippen molar-refractivity contribution in [2.24, 2.45) is 5.10 Å². The molecule has 0 unspecified atom stereocenters. The van der Waals surface area contributed by atoms with Gasteiger partial charge < -0.3 is 0 Å². The van der Waals surface area contributed by atoms with Crippen molar-refractivity contribution >= 4 is 51.0 Å². The largest absolute Gasteiger partial charge is 0.416 e. The highest BCUT2D eigenvalue weighted by Crippen LogP contribution is 2.37. The Balaban J connectivity index is 1.97. The molecule has 0 heterocycles. The Bertz CT molecular complexity index is 1320. The summed E-state index contributed by atoms with van der Waals surface area (Å²) in [6, 6.07) is 15.8. The van der Waals surface area contributed by atoms with Crippen molar-refractivity contribution < 1.29 is 26.4 Å². The van der Waals surface area contributed by atoms with Crippen molar-refractivity contribution in [2.45, 2.75) is 11.1 Å². The van der Waals surface area contributed by atoms with Gasteiger partial charge in [0.1, 0.15) is 6.54 Å². The van der Waals surface area contributed by atoms with Crippen LogP contribution in [0.15, 0.2) is 82.8 Å². The zero-order valence-electron chi connectivity index (χ0n) is 17.1. The predicted molar refractivity (Wildman–Crippen MR) is 125 cm³/mol. The van der Waals surface area contributed by atoms with E-state index in [1.165, 1.54) is 30.5 Å². The molecule has 34 heavy (non-hydrogen) atoms. The van der Waals surface area contributed by atoms with E-state index in [4.69, 9.17) is 23.2 Å². The van der Waals surface area contributed by atoms with Gasteiger partial charge in [-0.25, -0.2) is 13.8 Å². The molecule has 6 nitrogen and oxygen atoms in total. The predicted octanol–water partition coefficient (Wildman–Crippen LogP) is 5.36. The summed E-state index contributed by atoms with van der Waals surface area (Å²) < 4.78 is 66.9. The number of rotatable bonds is 7. The normalized spacial score (nSPS) is 12.0. The van der Waals surface area contributed by atoms with Crippen LogP contribution in [-0.4, -0.2) is 27.1 Å². The number of halogens is 5. The maximum atomic E-state index is 13.3. The lowest BCUT2D eigenvalue weighted by atomic mass is 10.2. The van der Waals surface area contributed by atoms with E-state index in [-0.39, 0.29) is 9.92 Å². The molecule has 0 atom stereocenters. The first kappa shape index (κ1) is 25.5. The van der Waals surface area contributed by atoms with E-state index in [1.54, 1.807) is 30.3 Å². The second-order valence-corrected chi connectivity index (χ2v) is 9.48. The first-order valence-electron chi connectivity index (χ1n) is 9.51. The van der Waals surface area contributed by atoms with E-state index in [0.717, 1.165) is 6.07 Å². The van der Waals surface area contributed by atoms with Gasteiger partial charge in [0.15, 0.2) is 0 Å². The Kier molecular flexibility index (Phi) is 7.86. The topological polar surface area (TPSA) is 78.8 Å². The number of hydrogen-bond acceptors (Lipinski definition) is 4. The molecule has 0 saturated carbocycles. The van der Waals surface area contributed by atoms with E-state index in [0.29, 0.717) is 27.0 Å². The summed E-state index contributed by atoms with van der Waals surface area (Å²) in [4.78, 5) is 12.3. The Hall–Kier alpha value is -3.08. The van der Waals surface area contributed by atoms with E-state index in [1.807, 2.05) is 0 Å². The highest BCUT2D eigenvalue weighted by Gasteiger charge is 2.34. The van der Waals surface area contributed by atoms with Gasteiger partial charge in [-0.3, -0.25) is 9.10 Å². The smallest absolute Gasteiger partial charge is 0.271 e. The number of amides is 1. The molecule has 0 fully saturated rings. The molecule has 0 saturated heterocycles. The molecule has 0 radical (unpaired) electrons. The number of sulfonamides is 1. The van der Waals surface area contributed by atoms with Gasteiger partial charge in [-0.1, -0.05) is 59.6 Å². The standard InChI is InChI=1S/C22H16Cl2F3N3O3S/c23-18-9-5-4-6-15(18)13-28-29-21(31)14-30(34(32,33)17-7-2-1-3-8-17)20-12-16(22(25,26)27)10-11-19(20)24/h1-13H,14H2,(H,29,31)/b28-13-. The van der Waals surface area contributed by atoms with Gasteiger partial charge in [0, 0.05) is 10.6 Å². The van der Waals surface area contributed by atoms with Gasteiger partial charge in [0.25, 0.3) is 15.9 Å². The quantitative estimate of drug-likeness (QED) is 0.330. The Morgan fingerprint density at radius 2 is 1.62 bits per heavy atom. The Morgan fingerprint density at radius 1 is 0.971 bits per heavy atom. The zero-order valence-corrected chi connectivity index (χ0v) is 19.5. The van der Waals surface area contributed by atoms with Crippen molar-refractivity contribution in [1.29, 1.82) is 0 Å². The molecule has 3 aromatic rings. The van der Waals surface area contributed by atoms with E-state index in [9.17, 15) is 26.4 Å². The summed E-state index contributed by atoms with van der Waals surface area (Å²) in [6.07, 6.45) is -3.52. The zero-order chi connectivity index (χ0) is 24.9. The van der Waals surface area contributed by atoms with Crippen LogP contribution in [0.25, 0.3) is 0 Å². The lowest BCUT2D eigenvalue weighted by molar-refractivity contribution is -0.137. The van der Waals surface area contributed by atoms with Gasteiger partial charge in [-0.05, 0) is 36.4 Å². The van der Waals surface area contributed by atoms with Crippen molar-refractivity contribution in [2.75, 3.05) is 10.8 Å². The molecule has 178 valence electrons. The summed E-state index contributed by atoms with van der Waals surface area (Å²) in [6.45, 7) is -0.891. The summed E-state index contributed by atoms with van der Waals surface area (Å²) in [5.41, 5.74) is 0.996. The molecule has 12 heteroatoms. The van der Waals surface area contributed by atoms with Crippen molar-refractivity contribution in [3.05, 3.63) is 94.0 Å². The third-order valence-electron chi connectivity index (χ3n) is 4.46. The highest BCUT2D eigenvalue weighted by atomic mass is 35.5. The van der Waals surface area contributed by atoms with E-state index < -0.39 is 39.9 Å². The van der Waals surface area contributed by atoms with Crippen LogP contribution in [0.3, 0.4) is 0 Å². The van der Waals surface area contributed by atoms with Gasteiger partial charge in [0.2, 0.25) is 0 Å². The number of hydrogen-bond donors (Lipinski definition) is 1. The maximum Gasteiger partial charge on any atom is 0.416 e. The number of anilines is 1. The summed E-state index contributed by atoms with van der Waals surface area (Å²) in [5.74, 6) is -0.920. The Labute approximate surface area is 203 Å². The minimum atomic E-state index is -4.76. The van der Waals surface area contributed by atoms with Crippen molar-refractivity contribution in [1.82, 2.24) is 5.43 Å². The lowest BCUT2D eigenvalue weighted by Crippen LogP contribution is -2.40. The number of carbonyl (C=O) groups excluding carboxylic acids is 1. The van der Waals surface area contributed by atoms with Crippen LogP contribution in [0.4, 0.5) is 18.9 Å². The fourth-order valence-electron chi connectivity index (χ4n) is 2.82. The number of nitrogens with one attached hydrogen (secondary N) is 1. The molecule has 1 N–H and O–H groups in total. The average Bonchev–Trinajstić information content (AvgIpc) is 2.79. The van der Waals surface area contributed by atoms with Crippen LogP contribution in [0, 0.1) is 0 Å². The second kappa shape index (κ2) is 10.5. The number of hydrazone groups is 1. The number of carbonyl (C=O) groups is 1. The summed E-state index contributed by atoms with van der Waals surface area (Å²) in [5, 5.41) is 3.81. The first-order valence-corrected chi connectivity index (χ1v) is 11.7. The number of benzene rings is 3. The third-order valence-corrected chi connectivity index (χ3v) is 6.90. The number of alkyl halides is 3. The lowest BCUT2D eigenvalue weighted by Gasteiger charge is -2.25. The van der Waals surface area contributed by atoms with Crippen molar-refractivity contribution in [3.63, 3.8) is 0 Å². The third kappa shape index (κ3) is 6.07. The van der Waals surface area contributed by atoms with Crippen LogP contribution >= 0.6 is 23.2 Å². The average molecular weight is 530 g/mol. The second-order valence-electron chi connectivity index (χ2n) is 6.80. The summed E-state index contributed by atoms with van der Waals surface area (Å²) in [7, 11) is -4.47. The van der Waals surface area contributed by atoms with E-state index >= 15 is 0 Å². The van der Waals surface area contributed by atoms with Crippen LogP contribution in [0.5, 0.6) is 0 Å². The highest BCUT2D eigenvalue weighted by molar-refractivity contribution is 7.92. The van der Waals surface area contributed by atoms with E-state index in [2.05, 4.69) is 10.5 Å². The maximum absolute atomic E-state index is 13.3. The van der Waals surface area contributed by atoms with Crippen LogP contribution in [-0.2, 0) is 21.0 Å². The van der Waals surface area contributed by atoms with Gasteiger partial charge in [-0.15, -0.1) is 0 Å². The van der Waals surface area contributed by atoms with Crippen LogP contribution in [0.1, 0.15) is 11.1 Å². The number of nitrogens with zero attached hydrogens (tertiary/aromatic N) is 2. The molecule has 0 aromatic heterocycles. The van der Waals surface area contributed by atoms with Crippen molar-refractivity contribution in [3.8, 4) is 0 Å². The van der Waals surface area contributed by atoms with Gasteiger partial charge in [-0.2, -0.15) is 18.3 Å². The molecule has 3 rings (SSSR count). The minimum Gasteiger partial charge on any atom is -0.271 e. The molecule has 0 aliphatic rings. The SMILES string of the molecule is O=C(CN(c1cc(C(F)(F)F)ccc1Cl)S(=O)(=O)c1ccccc1)N/N=C\c1ccccc1Cl. The Morgan fingerprint density at radius 3 is 2.26 bits per heavy atom. The first-order chi connectivity index (χ1) is 16.0. The minimum absolute atomic E-state index is 0.240. The molecule has 3 aromatic carbocycles. The molecule has 0 aliphatic carbocycles. The molecule has 0 aliphatic heterocycles. The molecular formula is C22H16Cl2F3N3O3S. The summed E-state index contributed by atoms with van der Waals surface area (Å²) >= 11 is 12.1. The van der Waals surface area contributed by atoms with Gasteiger partial charge in [0.05, 0.1) is 27.4 Å².